The molecule has 1 aliphatic heterocycles. The zero-order chi connectivity index (χ0) is 12.2. The molecule has 1 aliphatic rings. The van der Waals surface area contributed by atoms with Gasteiger partial charge in [0.2, 0.25) is 0 Å². The number of nitrogens with one attached hydrogen (secondary N) is 2. The van der Waals surface area contributed by atoms with Gasteiger partial charge in [-0.05, 0) is 32.2 Å². The minimum absolute atomic E-state index is 0.375. The molecular formula is C10H23N3O2S. The maximum atomic E-state index is 11.7. The molecule has 1 heterocycles. The fourth-order valence-electron chi connectivity index (χ4n) is 2.22. The van der Waals surface area contributed by atoms with Crippen LogP contribution in [0.2, 0.25) is 0 Å². The summed E-state index contributed by atoms with van der Waals surface area (Å²) in [4.78, 5) is 0. The standard InChI is InChI=1S/C10H23N3O2S/c1-4-12-9(2)10-6-5-7-13(8-10)16(14,15)11-3/h9-12H,4-8H2,1-3H3. The first-order valence-electron chi connectivity index (χ1n) is 5.93. The number of piperidine rings is 1. The lowest BCUT2D eigenvalue weighted by Gasteiger charge is -2.34. The van der Waals surface area contributed by atoms with E-state index in [4.69, 9.17) is 0 Å². The van der Waals surface area contributed by atoms with Gasteiger partial charge in [0.05, 0.1) is 0 Å². The van der Waals surface area contributed by atoms with Crippen molar-refractivity contribution >= 4 is 10.2 Å². The maximum absolute atomic E-state index is 11.7. The monoisotopic (exact) mass is 249 g/mol. The Morgan fingerprint density at radius 2 is 2.19 bits per heavy atom. The lowest BCUT2D eigenvalue weighted by Crippen LogP contribution is -2.49. The molecule has 5 nitrogen and oxygen atoms in total. The minimum atomic E-state index is -3.25. The molecule has 0 saturated carbocycles. The average molecular weight is 249 g/mol. The van der Waals surface area contributed by atoms with Crippen molar-refractivity contribution in [3.05, 3.63) is 0 Å². The third-order valence-corrected chi connectivity index (χ3v) is 4.78. The highest BCUT2D eigenvalue weighted by atomic mass is 32.2. The van der Waals surface area contributed by atoms with Gasteiger partial charge in [0.1, 0.15) is 0 Å². The number of hydrogen-bond acceptors (Lipinski definition) is 3. The number of hydrogen-bond donors (Lipinski definition) is 2. The SMILES string of the molecule is CCNC(C)C1CCCN(S(=O)(=O)NC)C1. The third kappa shape index (κ3) is 3.41. The van der Waals surface area contributed by atoms with Crippen LogP contribution in [0.15, 0.2) is 0 Å². The van der Waals surface area contributed by atoms with E-state index in [-0.39, 0.29) is 0 Å². The molecule has 1 fully saturated rings. The van der Waals surface area contributed by atoms with E-state index in [1.807, 2.05) is 0 Å². The molecular weight excluding hydrogens is 226 g/mol. The largest absolute Gasteiger partial charge is 0.314 e. The maximum Gasteiger partial charge on any atom is 0.279 e. The molecule has 0 aromatic rings. The number of rotatable bonds is 5. The van der Waals surface area contributed by atoms with Crippen molar-refractivity contribution in [2.24, 2.45) is 5.92 Å². The molecule has 6 heteroatoms. The molecule has 0 amide bonds. The molecule has 96 valence electrons. The Morgan fingerprint density at radius 3 is 2.75 bits per heavy atom. The van der Waals surface area contributed by atoms with Crippen molar-refractivity contribution in [2.75, 3.05) is 26.7 Å². The van der Waals surface area contributed by atoms with Crippen molar-refractivity contribution < 1.29 is 8.42 Å². The van der Waals surface area contributed by atoms with Crippen molar-refractivity contribution in [1.29, 1.82) is 0 Å². The van der Waals surface area contributed by atoms with E-state index in [1.54, 1.807) is 4.31 Å². The average Bonchev–Trinajstić information content (AvgIpc) is 2.29. The summed E-state index contributed by atoms with van der Waals surface area (Å²) in [5.74, 6) is 0.414. The molecule has 1 saturated heterocycles. The summed E-state index contributed by atoms with van der Waals surface area (Å²) in [5.41, 5.74) is 0. The van der Waals surface area contributed by atoms with Gasteiger partial charge in [-0.3, -0.25) is 0 Å². The van der Waals surface area contributed by atoms with Crippen LogP contribution in [0.1, 0.15) is 26.7 Å². The fraction of sp³-hybridized carbons (Fsp3) is 1.00. The molecule has 0 aliphatic carbocycles. The van der Waals surface area contributed by atoms with Crippen LogP contribution in [0.5, 0.6) is 0 Å². The Balaban J connectivity index is 2.60. The van der Waals surface area contributed by atoms with Crippen LogP contribution in [0.4, 0.5) is 0 Å². The van der Waals surface area contributed by atoms with Crippen LogP contribution in [0, 0.1) is 5.92 Å². The summed E-state index contributed by atoms with van der Waals surface area (Å²) < 4.78 is 27.3. The van der Waals surface area contributed by atoms with Gasteiger partial charge in [-0.2, -0.15) is 12.7 Å². The lowest BCUT2D eigenvalue weighted by molar-refractivity contribution is 0.224. The summed E-state index contributed by atoms with van der Waals surface area (Å²) in [6.07, 6.45) is 2.05. The van der Waals surface area contributed by atoms with Crippen molar-refractivity contribution in [2.45, 2.75) is 32.7 Å². The van der Waals surface area contributed by atoms with Gasteiger partial charge in [0.15, 0.2) is 0 Å². The van der Waals surface area contributed by atoms with Gasteiger partial charge < -0.3 is 5.32 Å². The fourth-order valence-corrected chi connectivity index (χ4v) is 3.23. The van der Waals surface area contributed by atoms with Crippen molar-refractivity contribution in [1.82, 2.24) is 14.3 Å². The Kier molecular flexibility index (Phi) is 5.17. The summed E-state index contributed by atoms with van der Waals surface area (Å²) >= 11 is 0. The van der Waals surface area contributed by atoms with Crippen LogP contribution in [-0.2, 0) is 10.2 Å². The molecule has 0 bridgehead atoms. The van der Waals surface area contributed by atoms with E-state index in [9.17, 15) is 8.42 Å². The molecule has 2 unspecified atom stereocenters. The first-order valence-corrected chi connectivity index (χ1v) is 7.37. The first kappa shape index (κ1) is 13.9. The highest BCUT2D eigenvalue weighted by Crippen LogP contribution is 2.21. The van der Waals surface area contributed by atoms with Gasteiger partial charge >= 0.3 is 0 Å². The molecule has 0 spiro atoms. The van der Waals surface area contributed by atoms with E-state index in [2.05, 4.69) is 23.9 Å². The Morgan fingerprint density at radius 1 is 1.50 bits per heavy atom. The third-order valence-electron chi connectivity index (χ3n) is 3.25. The van der Waals surface area contributed by atoms with E-state index in [0.717, 1.165) is 19.4 Å². The molecule has 1 rings (SSSR count). The Hall–Kier alpha value is -0.170. The van der Waals surface area contributed by atoms with E-state index >= 15 is 0 Å². The quantitative estimate of drug-likeness (QED) is 0.730. The van der Waals surface area contributed by atoms with E-state index in [0.29, 0.717) is 25.0 Å². The van der Waals surface area contributed by atoms with E-state index in [1.165, 1.54) is 7.05 Å². The number of nitrogens with zero attached hydrogens (tertiary/aromatic N) is 1. The molecule has 2 N–H and O–H groups in total. The smallest absolute Gasteiger partial charge is 0.279 e. The summed E-state index contributed by atoms with van der Waals surface area (Å²) in [5, 5.41) is 3.36. The van der Waals surface area contributed by atoms with Gasteiger partial charge in [-0.1, -0.05) is 6.92 Å². The second kappa shape index (κ2) is 5.95. The van der Waals surface area contributed by atoms with Crippen LogP contribution in [-0.4, -0.2) is 45.4 Å². The van der Waals surface area contributed by atoms with Crippen LogP contribution >= 0.6 is 0 Å². The minimum Gasteiger partial charge on any atom is -0.314 e. The topological polar surface area (TPSA) is 61.4 Å². The van der Waals surface area contributed by atoms with Crippen LogP contribution in [0.3, 0.4) is 0 Å². The van der Waals surface area contributed by atoms with Gasteiger partial charge in [0, 0.05) is 26.2 Å². The molecule has 2 atom stereocenters. The second-order valence-electron chi connectivity index (χ2n) is 4.32. The zero-order valence-electron chi connectivity index (χ0n) is 10.4. The van der Waals surface area contributed by atoms with Crippen molar-refractivity contribution in [3.8, 4) is 0 Å². The van der Waals surface area contributed by atoms with Gasteiger partial charge in [-0.15, -0.1) is 0 Å². The Bertz CT molecular complexity index is 305. The summed E-state index contributed by atoms with van der Waals surface area (Å²) in [7, 11) is -1.78. The Labute approximate surface area is 98.8 Å². The molecule has 0 aromatic heterocycles. The van der Waals surface area contributed by atoms with Crippen LogP contribution in [0.25, 0.3) is 0 Å². The normalized spacial score (nSPS) is 25.6. The summed E-state index contributed by atoms with van der Waals surface area (Å²) in [6.45, 7) is 6.39. The molecule has 16 heavy (non-hydrogen) atoms. The highest BCUT2D eigenvalue weighted by molar-refractivity contribution is 7.87. The molecule has 0 aromatic carbocycles. The highest BCUT2D eigenvalue weighted by Gasteiger charge is 2.30. The summed E-state index contributed by atoms with van der Waals surface area (Å²) in [6, 6.07) is 0.375. The first-order chi connectivity index (χ1) is 7.51. The van der Waals surface area contributed by atoms with Crippen molar-refractivity contribution in [3.63, 3.8) is 0 Å². The van der Waals surface area contributed by atoms with Gasteiger partial charge in [-0.25, -0.2) is 4.72 Å². The predicted molar refractivity (Wildman–Crippen MR) is 65.4 cm³/mol. The van der Waals surface area contributed by atoms with Gasteiger partial charge in [0.25, 0.3) is 10.2 Å². The second-order valence-corrected chi connectivity index (χ2v) is 6.19. The molecule has 0 radical (unpaired) electrons. The van der Waals surface area contributed by atoms with Crippen LogP contribution < -0.4 is 10.0 Å². The zero-order valence-corrected chi connectivity index (χ0v) is 11.2. The predicted octanol–water partition coefficient (Wildman–Crippen LogP) is 0.161. The lowest BCUT2D eigenvalue weighted by atomic mass is 9.93. The van der Waals surface area contributed by atoms with E-state index < -0.39 is 10.2 Å².